The Hall–Kier alpha value is -2.36. The van der Waals surface area contributed by atoms with Gasteiger partial charge in [0.25, 0.3) is 0 Å². The number of anilines is 4. The average molecular weight is 242 g/mol. The molecule has 2 aromatic rings. The molecule has 0 spiro atoms. The van der Waals surface area contributed by atoms with Crippen LogP contribution in [0.4, 0.5) is 22.7 Å². The van der Waals surface area contributed by atoms with Gasteiger partial charge >= 0.3 is 0 Å². The van der Waals surface area contributed by atoms with Crippen LogP contribution in [0, 0.1) is 0 Å². The largest absolute Gasteiger partial charge is 0.399 e. The predicted octanol–water partition coefficient (Wildman–Crippen LogP) is 2.50. The third-order valence-electron chi connectivity index (χ3n) is 2.80. The molecule has 0 aliphatic rings. The lowest BCUT2D eigenvalue weighted by atomic mass is 10.1. The maximum absolute atomic E-state index is 5.90. The molecule has 0 aliphatic heterocycles. The van der Waals surface area contributed by atoms with E-state index in [2.05, 4.69) is 10.6 Å². The summed E-state index contributed by atoms with van der Waals surface area (Å²) >= 11 is 0. The van der Waals surface area contributed by atoms with Crippen molar-refractivity contribution in [2.45, 2.75) is 6.54 Å². The Morgan fingerprint density at radius 2 is 1.78 bits per heavy atom. The van der Waals surface area contributed by atoms with E-state index < -0.39 is 0 Å². The van der Waals surface area contributed by atoms with Crippen molar-refractivity contribution in [3.63, 3.8) is 0 Å². The Kier molecular flexibility index (Phi) is 3.57. The van der Waals surface area contributed by atoms with Gasteiger partial charge in [0.05, 0.1) is 0 Å². The first-order chi connectivity index (χ1) is 8.69. The Labute approximate surface area is 107 Å². The molecule has 0 aliphatic carbocycles. The molecule has 4 heteroatoms. The molecule has 4 nitrogen and oxygen atoms in total. The van der Waals surface area contributed by atoms with Crippen molar-refractivity contribution in [1.29, 1.82) is 0 Å². The highest BCUT2D eigenvalue weighted by Gasteiger charge is 2.00. The summed E-state index contributed by atoms with van der Waals surface area (Å²) in [6.07, 6.45) is 0. The van der Waals surface area contributed by atoms with Crippen LogP contribution in [0.15, 0.2) is 42.5 Å². The standard InChI is InChI=1S/C14H18N4/c1-17-12-3-2-4-13(8-12)18-9-10-7-11(15)5-6-14(10)16/h2-8,17-18H,9,15-16H2,1H3. The van der Waals surface area contributed by atoms with Gasteiger partial charge in [-0.3, -0.25) is 0 Å². The van der Waals surface area contributed by atoms with Gasteiger partial charge in [0.15, 0.2) is 0 Å². The molecule has 0 atom stereocenters. The van der Waals surface area contributed by atoms with Gasteiger partial charge in [-0.15, -0.1) is 0 Å². The molecule has 0 saturated carbocycles. The van der Waals surface area contributed by atoms with Gasteiger partial charge in [-0.25, -0.2) is 0 Å². The van der Waals surface area contributed by atoms with Gasteiger partial charge < -0.3 is 22.1 Å². The molecular weight excluding hydrogens is 224 g/mol. The van der Waals surface area contributed by atoms with Gasteiger partial charge in [-0.1, -0.05) is 6.07 Å². The molecule has 2 aromatic carbocycles. The van der Waals surface area contributed by atoms with Gasteiger partial charge in [0, 0.05) is 36.3 Å². The average Bonchev–Trinajstić information content (AvgIpc) is 2.40. The van der Waals surface area contributed by atoms with Gasteiger partial charge in [0.2, 0.25) is 0 Å². The third kappa shape index (κ3) is 2.85. The minimum absolute atomic E-state index is 0.657. The molecule has 0 radical (unpaired) electrons. The van der Waals surface area contributed by atoms with Crippen LogP contribution < -0.4 is 22.1 Å². The van der Waals surface area contributed by atoms with E-state index in [9.17, 15) is 0 Å². The number of nitrogens with two attached hydrogens (primary N) is 2. The van der Waals surface area contributed by atoms with Crippen molar-refractivity contribution in [1.82, 2.24) is 0 Å². The van der Waals surface area contributed by atoms with Crippen LogP contribution in [0.25, 0.3) is 0 Å². The van der Waals surface area contributed by atoms with E-state index in [1.165, 1.54) is 0 Å². The van der Waals surface area contributed by atoms with Gasteiger partial charge in [-0.05, 0) is 42.0 Å². The van der Waals surface area contributed by atoms with Gasteiger partial charge in [-0.2, -0.15) is 0 Å². The summed E-state index contributed by atoms with van der Waals surface area (Å²) in [7, 11) is 1.90. The molecule has 0 fully saturated rings. The van der Waals surface area contributed by atoms with Crippen molar-refractivity contribution in [2.24, 2.45) is 0 Å². The molecule has 0 aromatic heterocycles. The molecule has 2 rings (SSSR count). The van der Waals surface area contributed by atoms with Crippen LogP contribution >= 0.6 is 0 Å². The lowest BCUT2D eigenvalue weighted by molar-refractivity contribution is 1.15. The summed E-state index contributed by atoms with van der Waals surface area (Å²) in [5, 5.41) is 6.43. The van der Waals surface area contributed by atoms with Gasteiger partial charge in [0.1, 0.15) is 0 Å². The number of rotatable bonds is 4. The number of nitrogens with one attached hydrogen (secondary N) is 2. The highest BCUT2D eigenvalue weighted by molar-refractivity contribution is 5.59. The van der Waals surface area contributed by atoms with E-state index >= 15 is 0 Å². The third-order valence-corrected chi connectivity index (χ3v) is 2.80. The van der Waals surface area contributed by atoms with E-state index in [0.717, 1.165) is 28.3 Å². The first-order valence-corrected chi connectivity index (χ1v) is 5.84. The molecule has 0 bridgehead atoms. The smallest absolute Gasteiger partial charge is 0.0421 e. The second kappa shape index (κ2) is 5.31. The molecule has 0 heterocycles. The lowest BCUT2D eigenvalue weighted by Crippen LogP contribution is -2.04. The monoisotopic (exact) mass is 242 g/mol. The fourth-order valence-electron chi connectivity index (χ4n) is 1.76. The van der Waals surface area contributed by atoms with Crippen LogP contribution in [0.3, 0.4) is 0 Å². The van der Waals surface area contributed by atoms with Crippen molar-refractivity contribution in [3.8, 4) is 0 Å². The zero-order chi connectivity index (χ0) is 13.0. The lowest BCUT2D eigenvalue weighted by Gasteiger charge is -2.10. The van der Waals surface area contributed by atoms with Crippen molar-refractivity contribution >= 4 is 22.7 Å². The Morgan fingerprint density at radius 1 is 1.00 bits per heavy atom. The fourth-order valence-corrected chi connectivity index (χ4v) is 1.76. The highest BCUT2D eigenvalue weighted by Crippen LogP contribution is 2.19. The SMILES string of the molecule is CNc1cccc(NCc2cc(N)ccc2N)c1. The Bertz CT molecular complexity index is 537. The topological polar surface area (TPSA) is 76.1 Å². The Balaban J connectivity index is 2.08. The molecule has 0 amide bonds. The summed E-state index contributed by atoms with van der Waals surface area (Å²) in [5.74, 6) is 0. The zero-order valence-corrected chi connectivity index (χ0v) is 10.4. The number of hydrogen-bond acceptors (Lipinski definition) is 4. The van der Waals surface area contributed by atoms with E-state index in [0.29, 0.717) is 6.54 Å². The first-order valence-electron chi connectivity index (χ1n) is 5.84. The molecule has 18 heavy (non-hydrogen) atoms. The second-order valence-corrected chi connectivity index (χ2v) is 4.14. The minimum atomic E-state index is 0.657. The molecule has 6 N–H and O–H groups in total. The van der Waals surface area contributed by atoms with Crippen LogP contribution in [0.2, 0.25) is 0 Å². The molecule has 94 valence electrons. The number of hydrogen-bond donors (Lipinski definition) is 4. The van der Waals surface area contributed by atoms with Crippen molar-refractivity contribution in [2.75, 3.05) is 29.1 Å². The summed E-state index contributed by atoms with van der Waals surface area (Å²) < 4.78 is 0. The summed E-state index contributed by atoms with van der Waals surface area (Å²) in [5.41, 5.74) is 16.2. The maximum atomic E-state index is 5.90. The quantitative estimate of drug-likeness (QED) is 0.621. The minimum Gasteiger partial charge on any atom is -0.399 e. The van der Waals surface area contributed by atoms with Crippen LogP contribution in [-0.2, 0) is 6.54 Å². The van der Waals surface area contributed by atoms with Crippen LogP contribution in [0.5, 0.6) is 0 Å². The molecule has 0 unspecified atom stereocenters. The highest BCUT2D eigenvalue weighted by atomic mass is 14.9. The van der Waals surface area contributed by atoms with Crippen LogP contribution in [-0.4, -0.2) is 7.05 Å². The van der Waals surface area contributed by atoms with E-state index in [1.54, 1.807) is 6.07 Å². The Morgan fingerprint density at radius 3 is 2.56 bits per heavy atom. The van der Waals surface area contributed by atoms with Crippen molar-refractivity contribution < 1.29 is 0 Å². The fraction of sp³-hybridized carbons (Fsp3) is 0.143. The van der Waals surface area contributed by atoms with Crippen molar-refractivity contribution in [3.05, 3.63) is 48.0 Å². The van der Waals surface area contributed by atoms with E-state index in [1.807, 2.05) is 43.4 Å². The summed E-state index contributed by atoms with van der Waals surface area (Å²) in [4.78, 5) is 0. The summed E-state index contributed by atoms with van der Waals surface area (Å²) in [6.45, 7) is 0.657. The van der Waals surface area contributed by atoms with E-state index in [4.69, 9.17) is 11.5 Å². The number of benzene rings is 2. The molecular formula is C14H18N4. The molecule has 0 saturated heterocycles. The van der Waals surface area contributed by atoms with E-state index in [-0.39, 0.29) is 0 Å². The van der Waals surface area contributed by atoms with Crippen LogP contribution in [0.1, 0.15) is 5.56 Å². The second-order valence-electron chi connectivity index (χ2n) is 4.14. The first kappa shape index (κ1) is 12.1. The zero-order valence-electron chi connectivity index (χ0n) is 10.4. The predicted molar refractivity (Wildman–Crippen MR) is 78.6 cm³/mol. The number of nitrogen functional groups attached to an aromatic ring is 2. The normalized spacial score (nSPS) is 10.1. The maximum Gasteiger partial charge on any atom is 0.0421 e. The summed E-state index contributed by atoms with van der Waals surface area (Å²) in [6, 6.07) is 13.6.